The summed E-state index contributed by atoms with van der Waals surface area (Å²) in [6.07, 6.45) is 2.46. The van der Waals surface area contributed by atoms with E-state index in [2.05, 4.69) is 37.8 Å². The molecule has 0 fully saturated rings. The van der Waals surface area contributed by atoms with Crippen LogP contribution in [0.4, 0.5) is 5.69 Å². The monoisotopic (exact) mass is 234 g/mol. The van der Waals surface area contributed by atoms with E-state index < -0.39 is 0 Å². The average Bonchev–Trinajstić information content (AvgIpc) is 2.29. The summed E-state index contributed by atoms with van der Waals surface area (Å²) in [5, 5.41) is 0. The second-order valence-corrected chi connectivity index (χ2v) is 5.16. The lowest BCUT2D eigenvalue weighted by atomic mass is 10.1. The van der Waals surface area contributed by atoms with Crippen LogP contribution in [0.25, 0.3) is 0 Å². The summed E-state index contributed by atoms with van der Waals surface area (Å²) in [5.41, 5.74) is 8.16. The molecule has 0 amide bonds. The molecule has 0 aliphatic rings. The van der Waals surface area contributed by atoms with E-state index in [9.17, 15) is 0 Å². The molecule has 0 saturated carbocycles. The van der Waals surface area contributed by atoms with Crippen molar-refractivity contribution in [1.82, 2.24) is 4.90 Å². The van der Waals surface area contributed by atoms with E-state index >= 15 is 0 Å². The van der Waals surface area contributed by atoms with E-state index in [4.69, 9.17) is 5.73 Å². The molecule has 0 aliphatic carbocycles. The van der Waals surface area contributed by atoms with Crippen molar-refractivity contribution in [3.8, 4) is 0 Å². The maximum absolute atomic E-state index is 5.99. The normalized spacial score (nSPS) is 11.4. The Morgan fingerprint density at radius 3 is 2.47 bits per heavy atom. The summed E-state index contributed by atoms with van der Waals surface area (Å²) >= 11 is 0. The number of nitrogen functional groups attached to an aromatic ring is 1. The first kappa shape index (κ1) is 14.0. The summed E-state index contributed by atoms with van der Waals surface area (Å²) < 4.78 is 0. The van der Waals surface area contributed by atoms with Crippen molar-refractivity contribution in [3.63, 3.8) is 0 Å². The quantitative estimate of drug-likeness (QED) is 0.731. The van der Waals surface area contributed by atoms with Crippen molar-refractivity contribution in [2.24, 2.45) is 5.92 Å². The minimum atomic E-state index is 0.766. The number of benzene rings is 1. The minimum Gasteiger partial charge on any atom is -0.398 e. The van der Waals surface area contributed by atoms with Gasteiger partial charge in [-0.1, -0.05) is 39.0 Å². The molecule has 1 rings (SSSR count). The first-order valence-corrected chi connectivity index (χ1v) is 6.69. The van der Waals surface area contributed by atoms with Crippen LogP contribution >= 0.6 is 0 Å². The third-order valence-corrected chi connectivity index (χ3v) is 3.01. The van der Waals surface area contributed by atoms with Gasteiger partial charge in [0.15, 0.2) is 0 Å². The fourth-order valence-electron chi connectivity index (χ4n) is 1.95. The molecule has 2 heteroatoms. The predicted molar refractivity (Wildman–Crippen MR) is 75.9 cm³/mol. The Balaban J connectivity index is 2.56. The second-order valence-electron chi connectivity index (χ2n) is 5.16. The number of anilines is 1. The molecule has 0 heterocycles. The zero-order valence-electron chi connectivity index (χ0n) is 11.4. The zero-order chi connectivity index (χ0) is 12.7. The number of rotatable bonds is 7. The van der Waals surface area contributed by atoms with Crippen LogP contribution in [0, 0.1) is 5.92 Å². The molecule has 1 aromatic carbocycles. The topological polar surface area (TPSA) is 29.3 Å². The number of nitrogens with zero attached hydrogens (tertiary/aromatic N) is 1. The number of nitrogens with two attached hydrogens (primary N) is 1. The van der Waals surface area contributed by atoms with E-state index in [1.807, 2.05) is 12.1 Å². The highest BCUT2D eigenvalue weighted by molar-refractivity contribution is 5.46. The standard InChI is InChI=1S/C15H26N2/c1-4-10-17(11-9-13(2)3)12-14-7-5-6-8-15(14)16/h5-8,13H,4,9-12,16H2,1-3H3. The molecule has 96 valence electrons. The summed E-state index contributed by atoms with van der Waals surface area (Å²) in [4.78, 5) is 2.51. The van der Waals surface area contributed by atoms with Gasteiger partial charge in [-0.15, -0.1) is 0 Å². The molecule has 0 unspecified atom stereocenters. The number of hydrogen-bond acceptors (Lipinski definition) is 2. The van der Waals surface area contributed by atoms with Gasteiger partial charge in [-0.2, -0.15) is 0 Å². The van der Waals surface area contributed by atoms with Gasteiger partial charge in [0, 0.05) is 12.2 Å². The molecule has 17 heavy (non-hydrogen) atoms. The average molecular weight is 234 g/mol. The maximum atomic E-state index is 5.99. The Morgan fingerprint density at radius 1 is 1.18 bits per heavy atom. The molecule has 0 aromatic heterocycles. The fraction of sp³-hybridized carbons (Fsp3) is 0.600. The predicted octanol–water partition coefficient (Wildman–Crippen LogP) is 3.53. The molecule has 0 saturated heterocycles. The molecular formula is C15H26N2. The van der Waals surface area contributed by atoms with E-state index in [1.165, 1.54) is 24.9 Å². The smallest absolute Gasteiger partial charge is 0.0359 e. The Morgan fingerprint density at radius 2 is 1.88 bits per heavy atom. The van der Waals surface area contributed by atoms with Crippen LogP contribution in [0.1, 0.15) is 39.2 Å². The summed E-state index contributed by atoms with van der Waals surface area (Å²) in [7, 11) is 0. The fourth-order valence-corrected chi connectivity index (χ4v) is 1.95. The number of para-hydroxylation sites is 1. The van der Waals surface area contributed by atoms with Crippen LogP contribution in [-0.2, 0) is 6.54 Å². The number of hydrogen-bond donors (Lipinski definition) is 1. The lowest BCUT2D eigenvalue weighted by Crippen LogP contribution is -2.26. The second kappa shape index (κ2) is 7.33. The zero-order valence-corrected chi connectivity index (χ0v) is 11.4. The summed E-state index contributed by atoms with van der Waals surface area (Å²) in [6.45, 7) is 10.1. The first-order chi connectivity index (χ1) is 8.13. The van der Waals surface area contributed by atoms with Crippen LogP contribution < -0.4 is 5.73 Å². The van der Waals surface area contributed by atoms with Gasteiger partial charge in [-0.05, 0) is 43.5 Å². The van der Waals surface area contributed by atoms with Crippen molar-refractivity contribution >= 4 is 5.69 Å². The maximum Gasteiger partial charge on any atom is 0.0359 e. The molecule has 2 nitrogen and oxygen atoms in total. The molecule has 0 radical (unpaired) electrons. The minimum absolute atomic E-state index is 0.766. The Bertz CT molecular complexity index is 320. The van der Waals surface area contributed by atoms with Gasteiger partial charge >= 0.3 is 0 Å². The van der Waals surface area contributed by atoms with E-state index in [0.717, 1.165) is 24.7 Å². The van der Waals surface area contributed by atoms with Crippen LogP contribution in [0.3, 0.4) is 0 Å². The van der Waals surface area contributed by atoms with Gasteiger partial charge in [0.25, 0.3) is 0 Å². The SMILES string of the molecule is CCCN(CCC(C)C)Cc1ccccc1N. The van der Waals surface area contributed by atoms with Crippen LogP contribution in [-0.4, -0.2) is 18.0 Å². The molecule has 1 aromatic rings. The van der Waals surface area contributed by atoms with Crippen molar-refractivity contribution < 1.29 is 0 Å². The van der Waals surface area contributed by atoms with Gasteiger partial charge in [0.05, 0.1) is 0 Å². The van der Waals surface area contributed by atoms with Gasteiger partial charge in [-0.3, -0.25) is 4.90 Å². The van der Waals surface area contributed by atoms with Crippen molar-refractivity contribution in [1.29, 1.82) is 0 Å². The Kier molecular flexibility index (Phi) is 6.06. The molecule has 2 N–H and O–H groups in total. The highest BCUT2D eigenvalue weighted by Crippen LogP contribution is 2.14. The third kappa shape index (κ3) is 5.22. The molecular weight excluding hydrogens is 208 g/mol. The molecule has 0 aliphatic heterocycles. The van der Waals surface area contributed by atoms with Crippen molar-refractivity contribution in [3.05, 3.63) is 29.8 Å². The molecule has 0 bridgehead atoms. The Hall–Kier alpha value is -1.02. The van der Waals surface area contributed by atoms with Gasteiger partial charge in [0.1, 0.15) is 0 Å². The van der Waals surface area contributed by atoms with Crippen LogP contribution in [0.15, 0.2) is 24.3 Å². The van der Waals surface area contributed by atoms with Crippen LogP contribution in [0.5, 0.6) is 0 Å². The molecule has 0 atom stereocenters. The largest absolute Gasteiger partial charge is 0.398 e. The lowest BCUT2D eigenvalue weighted by Gasteiger charge is -2.23. The van der Waals surface area contributed by atoms with Crippen molar-refractivity contribution in [2.75, 3.05) is 18.8 Å². The molecule has 0 spiro atoms. The van der Waals surface area contributed by atoms with Gasteiger partial charge < -0.3 is 5.73 Å². The third-order valence-electron chi connectivity index (χ3n) is 3.01. The van der Waals surface area contributed by atoms with E-state index in [-0.39, 0.29) is 0 Å². The van der Waals surface area contributed by atoms with Gasteiger partial charge in [-0.25, -0.2) is 0 Å². The summed E-state index contributed by atoms with van der Waals surface area (Å²) in [5.74, 6) is 0.766. The van der Waals surface area contributed by atoms with Crippen molar-refractivity contribution in [2.45, 2.75) is 40.2 Å². The lowest BCUT2D eigenvalue weighted by molar-refractivity contribution is 0.250. The van der Waals surface area contributed by atoms with E-state index in [0.29, 0.717) is 0 Å². The van der Waals surface area contributed by atoms with Crippen LogP contribution in [0.2, 0.25) is 0 Å². The first-order valence-electron chi connectivity index (χ1n) is 6.69. The highest BCUT2D eigenvalue weighted by atomic mass is 15.1. The Labute approximate surface area is 106 Å². The summed E-state index contributed by atoms with van der Waals surface area (Å²) in [6, 6.07) is 8.19. The van der Waals surface area contributed by atoms with Gasteiger partial charge in [0.2, 0.25) is 0 Å². The highest BCUT2D eigenvalue weighted by Gasteiger charge is 2.07. The van der Waals surface area contributed by atoms with E-state index in [1.54, 1.807) is 0 Å².